The van der Waals surface area contributed by atoms with E-state index in [1.54, 1.807) is 6.07 Å². The third-order valence-electron chi connectivity index (χ3n) is 11.6. The smallest absolute Gasteiger partial charge is 0.160 e. The zero-order chi connectivity index (χ0) is 28.6. The highest BCUT2D eigenvalue weighted by molar-refractivity contribution is 5.89. The van der Waals surface area contributed by atoms with Crippen molar-refractivity contribution < 1.29 is 24.5 Å². The second kappa shape index (κ2) is 11.7. The number of phenols is 1. The van der Waals surface area contributed by atoms with Gasteiger partial charge in [0.15, 0.2) is 17.3 Å². The molecule has 0 radical (unpaired) electrons. The molecule has 0 unspecified atom stereocenters. The van der Waals surface area contributed by atoms with E-state index in [2.05, 4.69) is 17.2 Å². The fourth-order valence-electron chi connectivity index (χ4n) is 9.18. The Bertz CT molecular complexity index is 1220. The van der Waals surface area contributed by atoms with Crippen LogP contribution in [0.15, 0.2) is 12.1 Å². The predicted octanol–water partition coefficient (Wildman–Crippen LogP) is 5.44. The van der Waals surface area contributed by atoms with Crippen LogP contribution in [0.4, 0.5) is 0 Å². The fourth-order valence-corrected chi connectivity index (χ4v) is 9.18. The molecule has 4 aliphatic carbocycles. The van der Waals surface area contributed by atoms with E-state index in [1.165, 1.54) is 45.6 Å². The molecular weight excluding hydrogens is 514 g/mol. The van der Waals surface area contributed by atoms with E-state index >= 15 is 0 Å². The molecule has 1 heterocycles. The van der Waals surface area contributed by atoms with Crippen LogP contribution in [0.3, 0.4) is 0 Å². The zero-order valence-electron chi connectivity index (χ0n) is 24.7. The summed E-state index contributed by atoms with van der Waals surface area (Å²) in [6, 6.07) is 3.88. The maximum absolute atomic E-state index is 13.6. The molecule has 5 aliphatic rings. The number of hydrogen-bond acceptors (Lipinski definition) is 6. The summed E-state index contributed by atoms with van der Waals surface area (Å²) in [5.41, 5.74) is 1.09. The first kappa shape index (κ1) is 28.7. The minimum absolute atomic E-state index is 0.0476. The largest absolute Gasteiger partial charge is 0.504 e. The number of rotatable bonds is 4. The van der Waals surface area contributed by atoms with Gasteiger partial charge in [0.05, 0.1) is 13.2 Å². The van der Waals surface area contributed by atoms with Gasteiger partial charge in [-0.15, -0.1) is 0 Å². The van der Waals surface area contributed by atoms with Crippen LogP contribution >= 0.6 is 0 Å². The van der Waals surface area contributed by atoms with Crippen LogP contribution in [0.2, 0.25) is 0 Å². The average molecular weight is 562 g/mol. The minimum atomic E-state index is -0.983. The number of phenolic OH excluding ortho intramolecular Hbond substituents is 1. The number of carbonyl (C=O) groups is 2. The molecule has 1 aromatic carbocycles. The van der Waals surface area contributed by atoms with Gasteiger partial charge < -0.3 is 20.3 Å². The Morgan fingerprint density at radius 3 is 2.61 bits per heavy atom. The number of piperidine rings is 1. The van der Waals surface area contributed by atoms with E-state index in [0.29, 0.717) is 73.9 Å². The monoisotopic (exact) mass is 561 g/mol. The Labute approximate surface area is 245 Å². The SMILES string of the molecule is COc1cc2c(cc1O)CC#C[C@]1(CC[C@H](CC[C@H]3C[C@@H]4CCC(=O)C[C@H]4NC34CCCCC4)C[C@H]1O)C(=O)CC2. The molecule has 0 bridgehead atoms. The third-order valence-corrected chi connectivity index (χ3v) is 11.6. The Morgan fingerprint density at radius 1 is 1.00 bits per heavy atom. The lowest BCUT2D eigenvalue weighted by molar-refractivity contribution is -0.134. The Balaban J connectivity index is 1.12. The van der Waals surface area contributed by atoms with Crippen LogP contribution in [0.5, 0.6) is 11.5 Å². The number of aromatic hydroxyl groups is 1. The van der Waals surface area contributed by atoms with Gasteiger partial charge in [0.25, 0.3) is 0 Å². The lowest BCUT2D eigenvalue weighted by Gasteiger charge is -2.54. The normalized spacial score (nSPS) is 34.9. The number of carbonyl (C=O) groups excluding carboxylic acids is 2. The first-order valence-electron chi connectivity index (χ1n) is 16.2. The first-order chi connectivity index (χ1) is 19.8. The predicted molar refractivity (Wildman–Crippen MR) is 158 cm³/mol. The molecule has 0 aromatic heterocycles. The van der Waals surface area contributed by atoms with Crippen molar-refractivity contribution in [3.63, 3.8) is 0 Å². The summed E-state index contributed by atoms with van der Waals surface area (Å²) in [6.45, 7) is 0. The maximum atomic E-state index is 13.6. The van der Waals surface area contributed by atoms with Crippen molar-refractivity contribution in [2.75, 3.05) is 7.11 Å². The number of ketones is 2. The van der Waals surface area contributed by atoms with Crippen LogP contribution < -0.4 is 10.1 Å². The van der Waals surface area contributed by atoms with Gasteiger partial charge >= 0.3 is 0 Å². The van der Waals surface area contributed by atoms with Gasteiger partial charge in [0.1, 0.15) is 11.2 Å². The number of aliphatic hydroxyl groups excluding tert-OH is 1. The number of ether oxygens (including phenoxy) is 1. The molecule has 6 atom stereocenters. The molecule has 41 heavy (non-hydrogen) atoms. The van der Waals surface area contributed by atoms with Crippen molar-refractivity contribution in [2.24, 2.45) is 23.2 Å². The molecule has 1 aliphatic heterocycles. The molecule has 6 nitrogen and oxygen atoms in total. The highest BCUT2D eigenvalue weighted by atomic mass is 16.5. The molecule has 3 saturated carbocycles. The lowest BCUT2D eigenvalue weighted by atomic mass is 9.60. The first-order valence-corrected chi connectivity index (χ1v) is 16.2. The van der Waals surface area contributed by atoms with Gasteiger partial charge in [-0.3, -0.25) is 9.59 Å². The fraction of sp³-hybridized carbons (Fsp3) is 0.714. The van der Waals surface area contributed by atoms with Crippen LogP contribution in [-0.2, 0) is 22.4 Å². The Hall–Kier alpha value is -2.36. The third kappa shape index (κ3) is 5.57. The maximum Gasteiger partial charge on any atom is 0.160 e. The molecule has 4 fully saturated rings. The van der Waals surface area contributed by atoms with Gasteiger partial charge in [-0.2, -0.15) is 0 Å². The molecule has 6 rings (SSSR count). The number of fused-ring (bicyclic) bond motifs is 2. The summed E-state index contributed by atoms with van der Waals surface area (Å²) in [4.78, 5) is 25.9. The number of aryl methyl sites for hydroxylation is 1. The summed E-state index contributed by atoms with van der Waals surface area (Å²) in [5, 5.41) is 25.8. The molecule has 6 heteroatoms. The number of hydrogen-bond donors (Lipinski definition) is 3. The second-order valence-corrected chi connectivity index (χ2v) is 13.8. The average Bonchev–Trinajstić information content (AvgIpc) is 3.02. The van der Waals surface area contributed by atoms with Gasteiger partial charge in [-0.05, 0) is 98.8 Å². The van der Waals surface area contributed by atoms with Crippen LogP contribution in [0, 0.1) is 35.0 Å². The van der Waals surface area contributed by atoms with E-state index in [4.69, 9.17) is 4.74 Å². The van der Waals surface area contributed by atoms with Gasteiger partial charge in [-0.25, -0.2) is 0 Å². The summed E-state index contributed by atoms with van der Waals surface area (Å²) < 4.78 is 5.29. The van der Waals surface area contributed by atoms with E-state index in [-0.39, 0.29) is 17.1 Å². The van der Waals surface area contributed by atoms with E-state index in [9.17, 15) is 19.8 Å². The van der Waals surface area contributed by atoms with E-state index in [0.717, 1.165) is 43.2 Å². The van der Waals surface area contributed by atoms with Gasteiger partial charge in [0.2, 0.25) is 0 Å². The highest BCUT2D eigenvalue weighted by Gasteiger charge is 2.50. The summed E-state index contributed by atoms with van der Waals surface area (Å²) >= 11 is 0. The lowest BCUT2D eigenvalue weighted by Crippen LogP contribution is -2.63. The number of aliphatic hydroxyl groups is 1. The molecule has 2 spiro atoms. The van der Waals surface area contributed by atoms with Crippen molar-refractivity contribution in [1.82, 2.24) is 5.32 Å². The summed E-state index contributed by atoms with van der Waals surface area (Å²) in [5.74, 6) is 9.12. The highest BCUT2D eigenvalue weighted by Crippen LogP contribution is 2.49. The van der Waals surface area contributed by atoms with Crippen LogP contribution in [0.1, 0.15) is 107 Å². The molecule has 1 saturated heterocycles. The van der Waals surface area contributed by atoms with Crippen LogP contribution in [0.25, 0.3) is 0 Å². The molecule has 222 valence electrons. The summed E-state index contributed by atoms with van der Waals surface area (Å²) in [6.07, 6.45) is 15.0. The molecule has 1 aromatic rings. The quantitative estimate of drug-likeness (QED) is 0.424. The minimum Gasteiger partial charge on any atom is -0.504 e. The van der Waals surface area contributed by atoms with Gasteiger partial charge in [0, 0.05) is 37.3 Å². The molecular formula is C35H47NO5. The summed E-state index contributed by atoms with van der Waals surface area (Å²) in [7, 11) is 1.53. The van der Waals surface area contributed by atoms with Crippen molar-refractivity contribution in [2.45, 2.75) is 127 Å². The molecule has 0 amide bonds. The molecule has 3 N–H and O–H groups in total. The van der Waals surface area contributed by atoms with Crippen LogP contribution in [-0.4, -0.2) is 46.6 Å². The number of benzene rings is 1. The Morgan fingerprint density at radius 2 is 1.83 bits per heavy atom. The topological polar surface area (TPSA) is 95.9 Å². The van der Waals surface area contributed by atoms with Crippen molar-refractivity contribution in [3.8, 4) is 23.3 Å². The van der Waals surface area contributed by atoms with Crippen molar-refractivity contribution in [1.29, 1.82) is 0 Å². The second-order valence-electron chi connectivity index (χ2n) is 13.8. The zero-order valence-corrected chi connectivity index (χ0v) is 24.7. The number of methoxy groups -OCH3 is 1. The van der Waals surface area contributed by atoms with E-state index < -0.39 is 11.5 Å². The number of nitrogens with one attached hydrogen (secondary N) is 1. The van der Waals surface area contributed by atoms with Crippen molar-refractivity contribution in [3.05, 3.63) is 23.3 Å². The van der Waals surface area contributed by atoms with Crippen molar-refractivity contribution >= 4 is 11.6 Å². The van der Waals surface area contributed by atoms with E-state index in [1.807, 2.05) is 6.07 Å². The van der Waals surface area contributed by atoms with Gasteiger partial charge in [-0.1, -0.05) is 37.5 Å². The standard InChI is InChI=1S/C35H47NO5/c1-41-31-21-25-9-12-32(39)34(14-5-6-24(25)20-30(31)38)17-13-23(18-33(34)40)7-10-27-19-26-8-11-28(37)22-29(26)36-35(27)15-3-2-4-16-35/h20-21,23,26-27,29,33,36,38,40H,2-4,6-13,15-19,22H2,1H3/t23-,26-,27-,29+,33+,34-/m0/s1. The number of Topliss-reactive ketones (excluding diaryl/α,β-unsaturated/α-hetero) is 2. The Kier molecular flexibility index (Phi) is 8.22.